The highest BCUT2D eigenvalue weighted by atomic mass is 16.4. The molecule has 4 heteroatoms. The summed E-state index contributed by atoms with van der Waals surface area (Å²) in [4.78, 5) is 11.1. The summed E-state index contributed by atoms with van der Waals surface area (Å²) >= 11 is 0. The molecule has 4 nitrogen and oxygen atoms in total. The second kappa shape index (κ2) is 14.8. The van der Waals surface area contributed by atoms with Crippen LogP contribution in [0.2, 0.25) is 0 Å². The van der Waals surface area contributed by atoms with Crippen molar-refractivity contribution in [1.82, 2.24) is 5.32 Å². The molecule has 0 rings (SSSR count). The minimum atomic E-state index is -0.735. The van der Waals surface area contributed by atoms with Crippen LogP contribution in [0.4, 0.5) is 0 Å². The van der Waals surface area contributed by atoms with Crippen LogP contribution in [0.5, 0.6) is 0 Å². The van der Waals surface area contributed by atoms with Gasteiger partial charge < -0.3 is 16.2 Å². The van der Waals surface area contributed by atoms with Gasteiger partial charge in [-0.3, -0.25) is 4.79 Å². The van der Waals surface area contributed by atoms with Crippen molar-refractivity contribution in [3.8, 4) is 0 Å². The molecule has 0 aliphatic carbocycles. The number of hydrogen-bond donors (Lipinski definition) is 3. The average Bonchev–Trinajstić information content (AvgIpc) is 2.43. The van der Waals surface area contributed by atoms with Crippen LogP contribution in [0.15, 0.2) is 0 Å². The molecule has 0 aliphatic heterocycles. The first kappa shape index (κ1) is 19.4. The first-order chi connectivity index (χ1) is 9.72. The Labute approximate surface area is 124 Å². The second-order valence-electron chi connectivity index (χ2n) is 5.60. The Bertz CT molecular complexity index is 223. The third-order valence-electron chi connectivity index (χ3n) is 3.67. The number of unbranched alkanes of at least 4 members (excludes halogenated alkanes) is 8. The van der Waals surface area contributed by atoms with Gasteiger partial charge in [0.25, 0.3) is 0 Å². The van der Waals surface area contributed by atoms with E-state index in [2.05, 4.69) is 12.2 Å². The van der Waals surface area contributed by atoms with Crippen molar-refractivity contribution in [3.05, 3.63) is 0 Å². The molecule has 1 unspecified atom stereocenters. The molecule has 0 aromatic carbocycles. The highest BCUT2D eigenvalue weighted by Gasteiger charge is 2.15. The van der Waals surface area contributed by atoms with E-state index in [-0.39, 0.29) is 0 Å². The zero-order valence-electron chi connectivity index (χ0n) is 13.2. The van der Waals surface area contributed by atoms with Gasteiger partial charge in [0.1, 0.15) is 6.04 Å². The molecule has 20 heavy (non-hydrogen) atoms. The van der Waals surface area contributed by atoms with E-state index in [1.54, 1.807) is 0 Å². The van der Waals surface area contributed by atoms with Crippen molar-refractivity contribution < 1.29 is 9.90 Å². The number of hydrogen-bond acceptors (Lipinski definition) is 3. The second-order valence-corrected chi connectivity index (χ2v) is 5.60. The lowest BCUT2D eigenvalue weighted by Crippen LogP contribution is -2.37. The monoisotopic (exact) mass is 286 g/mol. The molecule has 0 aliphatic rings. The number of nitrogens with two attached hydrogens (primary N) is 1. The quantitative estimate of drug-likeness (QED) is 0.404. The maximum atomic E-state index is 11.1. The largest absolute Gasteiger partial charge is 0.480 e. The highest BCUT2D eigenvalue weighted by molar-refractivity contribution is 5.73. The van der Waals surface area contributed by atoms with Crippen LogP contribution in [0, 0.1) is 0 Å². The van der Waals surface area contributed by atoms with Gasteiger partial charge in [0.05, 0.1) is 0 Å². The Balaban J connectivity index is 3.42. The molecule has 1 atom stereocenters. The highest BCUT2D eigenvalue weighted by Crippen LogP contribution is 2.08. The zero-order valence-corrected chi connectivity index (χ0v) is 13.2. The lowest BCUT2D eigenvalue weighted by atomic mass is 10.1. The predicted octanol–water partition coefficient (Wildman–Crippen LogP) is 3.30. The normalized spacial score (nSPS) is 12.5. The predicted molar refractivity (Wildman–Crippen MR) is 84.9 cm³/mol. The molecule has 0 heterocycles. The molecule has 0 bridgehead atoms. The Morgan fingerprint density at radius 2 is 1.60 bits per heavy atom. The van der Waals surface area contributed by atoms with E-state index in [1.165, 1.54) is 44.9 Å². The fourth-order valence-corrected chi connectivity index (χ4v) is 2.34. The van der Waals surface area contributed by atoms with E-state index in [9.17, 15) is 4.79 Å². The molecule has 0 aromatic heterocycles. The molecule has 120 valence electrons. The van der Waals surface area contributed by atoms with Gasteiger partial charge in [0.2, 0.25) is 0 Å². The smallest absolute Gasteiger partial charge is 0.320 e. The number of carboxylic acids is 1. The fourth-order valence-electron chi connectivity index (χ4n) is 2.34. The first-order valence-electron chi connectivity index (χ1n) is 8.38. The van der Waals surface area contributed by atoms with E-state index in [1.807, 2.05) is 0 Å². The lowest BCUT2D eigenvalue weighted by molar-refractivity contribution is -0.139. The van der Waals surface area contributed by atoms with Gasteiger partial charge in [-0.1, -0.05) is 58.3 Å². The standard InChI is InChI=1S/C16H34N2O2/c1-2-3-4-5-6-7-8-11-14-18-15(16(19)20)12-9-10-13-17/h15,18H,2-14,17H2,1H3,(H,19,20). The van der Waals surface area contributed by atoms with Crippen molar-refractivity contribution in [2.45, 2.75) is 83.6 Å². The van der Waals surface area contributed by atoms with Crippen LogP contribution in [-0.2, 0) is 4.79 Å². The summed E-state index contributed by atoms with van der Waals surface area (Å²) in [5, 5.41) is 12.3. The lowest BCUT2D eigenvalue weighted by Gasteiger charge is -2.14. The molecular weight excluding hydrogens is 252 g/mol. The molecule has 0 aromatic rings. The van der Waals surface area contributed by atoms with Gasteiger partial charge in [-0.25, -0.2) is 0 Å². The van der Waals surface area contributed by atoms with E-state index in [4.69, 9.17) is 10.8 Å². The summed E-state index contributed by atoms with van der Waals surface area (Å²) in [7, 11) is 0. The fraction of sp³-hybridized carbons (Fsp3) is 0.938. The van der Waals surface area contributed by atoms with E-state index < -0.39 is 12.0 Å². The number of rotatable bonds is 15. The zero-order chi connectivity index (χ0) is 15.1. The molecular formula is C16H34N2O2. The van der Waals surface area contributed by atoms with Gasteiger partial charge >= 0.3 is 5.97 Å². The van der Waals surface area contributed by atoms with Crippen LogP contribution in [-0.4, -0.2) is 30.2 Å². The molecule has 0 amide bonds. The Hall–Kier alpha value is -0.610. The van der Waals surface area contributed by atoms with Crippen molar-refractivity contribution in [2.75, 3.05) is 13.1 Å². The summed E-state index contributed by atoms with van der Waals surface area (Å²) in [6.07, 6.45) is 12.7. The minimum Gasteiger partial charge on any atom is -0.480 e. The summed E-state index contributed by atoms with van der Waals surface area (Å²) in [6.45, 7) is 3.69. The minimum absolute atomic E-state index is 0.397. The first-order valence-corrected chi connectivity index (χ1v) is 8.38. The Kier molecular flexibility index (Phi) is 14.3. The number of carbonyl (C=O) groups is 1. The Morgan fingerprint density at radius 1 is 1.00 bits per heavy atom. The van der Waals surface area contributed by atoms with Gasteiger partial charge in [0.15, 0.2) is 0 Å². The Morgan fingerprint density at radius 3 is 2.15 bits per heavy atom. The van der Waals surface area contributed by atoms with Crippen molar-refractivity contribution in [3.63, 3.8) is 0 Å². The van der Waals surface area contributed by atoms with Crippen molar-refractivity contribution >= 4 is 5.97 Å². The molecule has 0 saturated carbocycles. The van der Waals surface area contributed by atoms with Crippen molar-refractivity contribution in [1.29, 1.82) is 0 Å². The summed E-state index contributed by atoms with van der Waals surface area (Å²) in [5.74, 6) is -0.735. The van der Waals surface area contributed by atoms with Crippen LogP contribution in [0.3, 0.4) is 0 Å². The maximum Gasteiger partial charge on any atom is 0.320 e. The van der Waals surface area contributed by atoms with Crippen LogP contribution in [0.25, 0.3) is 0 Å². The number of nitrogens with one attached hydrogen (secondary N) is 1. The van der Waals surface area contributed by atoms with Crippen molar-refractivity contribution in [2.24, 2.45) is 5.73 Å². The van der Waals surface area contributed by atoms with E-state index in [0.717, 1.165) is 25.8 Å². The summed E-state index contributed by atoms with van der Waals surface area (Å²) < 4.78 is 0. The molecule has 4 N–H and O–H groups in total. The topological polar surface area (TPSA) is 75.3 Å². The molecule has 0 spiro atoms. The van der Waals surface area contributed by atoms with Crippen LogP contribution < -0.4 is 11.1 Å². The van der Waals surface area contributed by atoms with Gasteiger partial charge in [-0.05, 0) is 32.4 Å². The third-order valence-corrected chi connectivity index (χ3v) is 3.67. The van der Waals surface area contributed by atoms with Crippen LogP contribution in [0.1, 0.15) is 77.6 Å². The summed E-state index contributed by atoms with van der Waals surface area (Å²) in [6, 6.07) is -0.397. The van der Waals surface area contributed by atoms with Gasteiger partial charge in [-0.2, -0.15) is 0 Å². The third kappa shape index (κ3) is 12.4. The van der Waals surface area contributed by atoms with Crippen LogP contribution >= 0.6 is 0 Å². The van der Waals surface area contributed by atoms with Gasteiger partial charge in [-0.15, -0.1) is 0 Å². The number of aliphatic carboxylic acids is 1. The maximum absolute atomic E-state index is 11.1. The van der Waals surface area contributed by atoms with E-state index in [0.29, 0.717) is 13.0 Å². The summed E-state index contributed by atoms with van der Waals surface area (Å²) in [5.41, 5.74) is 5.42. The molecule has 0 radical (unpaired) electrons. The molecule has 0 saturated heterocycles. The van der Waals surface area contributed by atoms with E-state index >= 15 is 0 Å². The average molecular weight is 286 g/mol. The van der Waals surface area contributed by atoms with Gasteiger partial charge in [0, 0.05) is 0 Å². The molecule has 0 fully saturated rings. The SMILES string of the molecule is CCCCCCCCCCNC(CCCCN)C(=O)O. The number of carboxylic acid groups (broad SMARTS) is 1.